The lowest BCUT2D eigenvalue weighted by Crippen LogP contribution is -2.32. The maximum Gasteiger partial charge on any atom is 0.257 e. The zero-order chi connectivity index (χ0) is 21.8. The standard InChI is InChI=1S/C23H28N4O3S/c1-15-8-10-27(11-9-15)12-19-14-31-23(24-19)25-22(28)18-4-6-20(7-5-18)29-13-21-16(2)26-30-17(21)3/h4-7,14-15H,8-13H2,1-3H3,(H,24,25,28). The summed E-state index contributed by atoms with van der Waals surface area (Å²) in [7, 11) is 0. The van der Waals surface area contributed by atoms with Crippen molar-refractivity contribution in [3.63, 3.8) is 0 Å². The molecule has 8 heteroatoms. The van der Waals surface area contributed by atoms with Crippen LogP contribution in [0.2, 0.25) is 0 Å². The highest BCUT2D eigenvalue weighted by Gasteiger charge is 2.17. The van der Waals surface area contributed by atoms with Gasteiger partial charge in [0.25, 0.3) is 5.91 Å². The number of nitrogens with zero attached hydrogens (tertiary/aromatic N) is 3. The van der Waals surface area contributed by atoms with Crippen LogP contribution in [-0.2, 0) is 13.2 Å². The molecule has 3 aromatic rings. The molecule has 1 saturated heterocycles. The van der Waals surface area contributed by atoms with Gasteiger partial charge in [0, 0.05) is 17.5 Å². The highest BCUT2D eigenvalue weighted by Crippen LogP contribution is 2.22. The van der Waals surface area contributed by atoms with E-state index >= 15 is 0 Å². The van der Waals surface area contributed by atoms with Crippen LogP contribution in [0, 0.1) is 19.8 Å². The van der Waals surface area contributed by atoms with Crippen molar-refractivity contribution in [2.75, 3.05) is 18.4 Å². The van der Waals surface area contributed by atoms with E-state index in [1.165, 1.54) is 24.2 Å². The lowest BCUT2D eigenvalue weighted by atomic mass is 9.99. The molecule has 0 spiro atoms. The van der Waals surface area contributed by atoms with E-state index in [0.717, 1.165) is 48.3 Å². The van der Waals surface area contributed by atoms with Gasteiger partial charge in [0.2, 0.25) is 0 Å². The van der Waals surface area contributed by atoms with Crippen LogP contribution in [0.5, 0.6) is 5.75 Å². The number of anilines is 1. The molecule has 0 atom stereocenters. The van der Waals surface area contributed by atoms with Crippen LogP contribution in [0.3, 0.4) is 0 Å². The highest BCUT2D eigenvalue weighted by molar-refractivity contribution is 7.13. The minimum Gasteiger partial charge on any atom is -0.489 e. The smallest absolute Gasteiger partial charge is 0.257 e. The molecule has 164 valence electrons. The number of amides is 1. The summed E-state index contributed by atoms with van der Waals surface area (Å²) in [5.41, 5.74) is 3.34. The largest absolute Gasteiger partial charge is 0.489 e. The lowest BCUT2D eigenvalue weighted by molar-refractivity contribution is 0.102. The fourth-order valence-corrected chi connectivity index (χ4v) is 4.32. The number of hydrogen-bond acceptors (Lipinski definition) is 7. The fraction of sp³-hybridized carbons (Fsp3) is 0.435. The van der Waals surface area contributed by atoms with Crippen molar-refractivity contribution in [3.8, 4) is 5.75 Å². The summed E-state index contributed by atoms with van der Waals surface area (Å²) in [6.45, 7) is 9.52. The number of aromatic nitrogens is 2. The van der Waals surface area contributed by atoms with Gasteiger partial charge < -0.3 is 9.26 Å². The van der Waals surface area contributed by atoms with Gasteiger partial charge >= 0.3 is 0 Å². The van der Waals surface area contributed by atoms with Gasteiger partial charge in [-0.1, -0.05) is 12.1 Å². The second-order valence-corrected chi connectivity index (χ2v) is 9.03. The normalized spacial score (nSPS) is 15.2. The molecule has 1 N–H and O–H groups in total. The van der Waals surface area contributed by atoms with Gasteiger partial charge in [-0.2, -0.15) is 0 Å². The average Bonchev–Trinajstić information content (AvgIpc) is 3.34. The number of nitrogens with one attached hydrogen (secondary N) is 1. The van der Waals surface area contributed by atoms with E-state index in [2.05, 4.69) is 27.3 Å². The third-order valence-corrected chi connectivity index (χ3v) is 6.52. The Balaban J connectivity index is 1.29. The Morgan fingerprint density at radius 3 is 2.68 bits per heavy atom. The van der Waals surface area contributed by atoms with Crippen LogP contribution < -0.4 is 10.1 Å². The van der Waals surface area contributed by atoms with Gasteiger partial charge in [0.15, 0.2) is 5.13 Å². The van der Waals surface area contributed by atoms with E-state index in [9.17, 15) is 4.79 Å². The number of hydrogen-bond donors (Lipinski definition) is 1. The van der Waals surface area contributed by atoms with Gasteiger partial charge in [-0.25, -0.2) is 4.98 Å². The van der Waals surface area contributed by atoms with Gasteiger partial charge in [-0.3, -0.25) is 15.0 Å². The van der Waals surface area contributed by atoms with E-state index in [1.807, 2.05) is 19.2 Å². The quantitative estimate of drug-likeness (QED) is 0.568. The summed E-state index contributed by atoms with van der Waals surface area (Å²) >= 11 is 1.46. The second-order valence-electron chi connectivity index (χ2n) is 8.17. The number of ether oxygens (including phenoxy) is 1. The van der Waals surface area contributed by atoms with Crippen molar-refractivity contribution in [1.82, 2.24) is 15.0 Å². The third kappa shape index (κ3) is 5.51. The van der Waals surface area contributed by atoms with Crippen molar-refractivity contribution in [3.05, 3.63) is 57.9 Å². The maximum atomic E-state index is 12.6. The topological polar surface area (TPSA) is 80.5 Å². The summed E-state index contributed by atoms with van der Waals surface area (Å²) in [6.07, 6.45) is 2.48. The first-order valence-corrected chi connectivity index (χ1v) is 11.5. The molecule has 0 bridgehead atoms. The van der Waals surface area contributed by atoms with E-state index in [4.69, 9.17) is 9.26 Å². The summed E-state index contributed by atoms with van der Waals surface area (Å²) in [6, 6.07) is 7.08. The number of likely N-dealkylation sites (tertiary alicyclic amines) is 1. The van der Waals surface area contributed by atoms with Crippen molar-refractivity contribution >= 4 is 22.4 Å². The Morgan fingerprint density at radius 1 is 1.26 bits per heavy atom. The minimum absolute atomic E-state index is 0.176. The summed E-state index contributed by atoms with van der Waals surface area (Å²) in [4.78, 5) is 19.6. The van der Waals surface area contributed by atoms with Crippen LogP contribution in [0.4, 0.5) is 5.13 Å². The molecule has 1 fully saturated rings. The first-order valence-electron chi connectivity index (χ1n) is 10.6. The molecule has 1 amide bonds. The van der Waals surface area contributed by atoms with Gasteiger partial charge in [0.05, 0.1) is 17.0 Å². The molecule has 7 nitrogen and oxygen atoms in total. The number of benzene rings is 1. The molecular weight excluding hydrogens is 412 g/mol. The number of rotatable bonds is 7. The predicted molar refractivity (Wildman–Crippen MR) is 120 cm³/mol. The van der Waals surface area contributed by atoms with E-state index in [1.54, 1.807) is 24.3 Å². The van der Waals surface area contributed by atoms with Crippen molar-refractivity contribution in [2.24, 2.45) is 5.92 Å². The average molecular weight is 441 g/mol. The fourth-order valence-electron chi connectivity index (χ4n) is 3.62. The first kappa shape index (κ1) is 21.5. The minimum atomic E-state index is -0.176. The van der Waals surface area contributed by atoms with Gasteiger partial charge in [-0.15, -0.1) is 11.3 Å². The van der Waals surface area contributed by atoms with Crippen molar-refractivity contribution in [2.45, 2.75) is 46.8 Å². The zero-order valence-electron chi connectivity index (χ0n) is 18.2. The second kappa shape index (κ2) is 9.62. The van der Waals surface area contributed by atoms with Crippen LogP contribution >= 0.6 is 11.3 Å². The van der Waals surface area contributed by atoms with Crippen LogP contribution in [-0.4, -0.2) is 34.0 Å². The molecule has 3 heterocycles. The predicted octanol–water partition coefficient (Wildman–Crippen LogP) is 4.81. The van der Waals surface area contributed by atoms with Gasteiger partial charge in [-0.05, 0) is 70.0 Å². The first-order chi connectivity index (χ1) is 15.0. The molecule has 2 aromatic heterocycles. The molecule has 1 aliphatic rings. The number of carbonyl (C=O) groups is 1. The third-order valence-electron chi connectivity index (χ3n) is 5.71. The molecule has 0 unspecified atom stereocenters. The van der Waals surface area contributed by atoms with Crippen molar-refractivity contribution in [1.29, 1.82) is 0 Å². The molecule has 31 heavy (non-hydrogen) atoms. The van der Waals surface area contributed by atoms with Crippen molar-refractivity contribution < 1.29 is 14.1 Å². The molecular formula is C23H28N4O3S. The SMILES string of the molecule is Cc1noc(C)c1COc1ccc(C(=O)Nc2nc(CN3CCC(C)CC3)cs2)cc1. The van der Waals surface area contributed by atoms with E-state index in [0.29, 0.717) is 23.1 Å². The lowest BCUT2D eigenvalue weighted by Gasteiger charge is -2.29. The number of thiazole rings is 1. The number of aryl methyl sites for hydroxylation is 2. The Morgan fingerprint density at radius 2 is 2.00 bits per heavy atom. The molecule has 0 saturated carbocycles. The summed E-state index contributed by atoms with van der Waals surface area (Å²) in [5, 5.41) is 9.48. The monoisotopic (exact) mass is 440 g/mol. The van der Waals surface area contributed by atoms with E-state index < -0.39 is 0 Å². The Labute approximate surface area is 186 Å². The van der Waals surface area contributed by atoms with Gasteiger partial charge in [0.1, 0.15) is 18.1 Å². The zero-order valence-corrected chi connectivity index (χ0v) is 19.0. The van der Waals surface area contributed by atoms with E-state index in [-0.39, 0.29) is 5.91 Å². The molecule has 0 aliphatic carbocycles. The molecule has 1 aliphatic heterocycles. The Kier molecular flexibility index (Phi) is 6.67. The van der Waals surface area contributed by atoms with Crippen LogP contribution in [0.25, 0.3) is 0 Å². The number of piperidine rings is 1. The number of carbonyl (C=O) groups excluding carboxylic acids is 1. The summed E-state index contributed by atoms with van der Waals surface area (Å²) < 4.78 is 10.9. The Bertz CT molecular complexity index is 1000. The molecule has 4 rings (SSSR count). The highest BCUT2D eigenvalue weighted by atomic mass is 32.1. The maximum absolute atomic E-state index is 12.6. The molecule has 0 radical (unpaired) electrons. The molecule has 1 aromatic carbocycles. The van der Waals surface area contributed by atoms with Crippen LogP contribution in [0.1, 0.15) is 52.8 Å². The summed E-state index contributed by atoms with van der Waals surface area (Å²) in [5.74, 6) is 2.08. The Hall–Kier alpha value is -2.71. The van der Waals surface area contributed by atoms with Crippen LogP contribution in [0.15, 0.2) is 34.2 Å².